The third kappa shape index (κ3) is 1.89. The van der Waals surface area contributed by atoms with E-state index in [0.29, 0.717) is 0 Å². The van der Waals surface area contributed by atoms with Crippen molar-refractivity contribution in [3.05, 3.63) is 39.4 Å². The molecule has 1 aromatic rings. The molecule has 88 valence electrons. The molecule has 0 amide bonds. The van der Waals surface area contributed by atoms with E-state index in [4.69, 9.17) is 5.11 Å². The van der Waals surface area contributed by atoms with Crippen molar-refractivity contribution in [1.29, 1.82) is 0 Å². The molecule has 2 rings (SSSR count). The smallest absolute Gasteiger partial charge is 0.303 e. The molecule has 1 atom stereocenters. The summed E-state index contributed by atoms with van der Waals surface area (Å²) in [5, 5.41) is 19.6. The first kappa shape index (κ1) is 11.3. The van der Waals surface area contributed by atoms with Gasteiger partial charge in [-0.05, 0) is 0 Å². The highest BCUT2D eigenvalue weighted by Crippen LogP contribution is 2.40. The van der Waals surface area contributed by atoms with Gasteiger partial charge in [0.2, 0.25) is 0 Å². The molecule has 17 heavy (non-hydrogen) atoms. The maximum atomic E-state index is 11.6. The first-order valence-corrected chi connectivity index (χ1v) is 5.03. The fourth-order valence-corrected chi connectivity index (χ4v) is 2.21. The highest BCUT2D eigenvalue weighted by atomic mass is 16.6. The van der Waals surface area contributed by atoms with E-state index in [-0.39, 0.29) is 35.4 Å². The molecular formula is C11H9NO5. The number of carbonyl (C=O) groups excluding carboxylic acids is 1. The number of nitro benzene ring substituents is 1. The average molecular weight is 235 g/mol. The van der Waals surface area contributed by atoms with Gasteiger partial charge in [0, 0.05) is 29.5 Å². The summed E-state index contributed by atoms with van der Waals surface area (Å²) in [6.45, 7) is 0. The first-order chi connectivity index (χ1) is 8.00. The summed E-state index contributed by atoms with van der Waals surface area (Å²) in [5.41, 5.74) is 0.384. The van der Waals surface area contributed by atoms with Crippen LogP contribution < -0.4 is 0 Å². The van der Waals surface area contributed by atoms with Gasteiger partial charge in [-0.3, -0.25) is 19.7 Å². The van der Waals surface area contributed by atoms with Crippen LogP contribution in [0.15, 0.2) is 18.2 Å². The Kier molecular flexibility index (Phi) is 2.63. The number of hydrogen-bond acceptors (Lipinski definition) is 4. The molecule has 6 heteroatoms. The molecule has 0 radical (unpaired) electrons. The van der Waals surface area contributed by atoms with Crippen LogP contribution in [0.5, 0.6) is 0 Å². The lowest BCUT2D eigenvalue weighted by molar-refractivity contribution is -0.385. The molecule has 0 bridgehead atoms. The molecule has 1 aliphatic rings. The third-order valence-electron chi connectivity index (χ3n) is 2.84. The predicted octanol–water partition coefficient (Wildman–Crippen LogP) is 1.74. The van der Waals surface area contributed by atoms with E-state index in [1.807, 2.05) is 0 Å². The fourth-order valence-electron chi connectivity index (χ4n) is 2.21. The Hall–Kier alpha value is -2.24. The Balaban J connectivity index is 2.53. The number of carbonyl (C=O) groups is 2. The summed E-state index contributed by atoms with van der Waals surface area (Å²) in [6.07, 6.45) is -0.226. The van der Waals surface area contributed by atoms with Crippen LogP contribution in [-0.2, 0) is 4.79 Å². The second-order valence-electron chi connectivity index (χ2n) is 3.92. The number of carboxylic acid groups (broad SMARTS) is 1. The summed E-state index contributed by atoms with van der Waals surface area (Å²) in [7, 11) is 0. The van der Waals surface area contributed by atoms with Gasteiger partial charge in [-0.15, -0.1) is 0 Å². The number of hydrogen-bond donors (Lipinski definition) is 1. The van der Waals surface area contributed by atoms with Crippen molar-refractivity contribution in [2.24, 2.45) is 0 Å². The normalized spacial score (nSPS) is 17.9. The standard InChI is InChI=1S/C11H9NO5/c13-9-4-6(5-10(14)15)11-7(9)2-1-3-8(11)12(16)17/h1-3,6H,4-5H2,(H,14,15)/t6-/m0/s1. The minimum atomic E-state index is -1.06. The molecule has 1 aromatic carbocycles. The van der Waals surface area contributed by atoms with Crippen LogP contribution in [-0.4, -0.2) is 21.8 Å². The van der Waals surface area contributed by atoms with Gasteiger partial charge in [-0.2, -0.15) is 0 Å². The second kappa shape index (κ2) is 3.97. The van der Waals surface area contributed by atoms with Gasteiger partial charge in [-0.25, -0.2) is 0 Å². The molecule has 0 saturated heterocycles. The number of Topliss-reactive ketones (excluding diaryl/α,β-unsaturated/α-hetero) is 1. The first-order valence-electron chi connectivity index (χ1n) is 5.03. The monoisotopic (exact) mass is 235 g/mol. The highest BCUT2D eigenvalue weighted by Gasteiger charge is 2.36. The zero-order chi connectivity index (χ0) is 12.6. The quantitative estimate of drug-likeness (QED) is 0.635. The van der Waals surface area contributed by atoms with E-state index in [9.17, 15) is 19.7 Å². The van der Waals surface area contributed by atoms with E-state index in [1.165, 1.54) is 18.2 Å². The van der Waals surface area contributed by atoms with Crippen molar-refractivity contribution in [2.75, 3.05) is 0 Å². The Labute approximate surface area is 96.0 Å². The maximum absolute atomic E-state index is 11.6. The molecule has 0 fully saturated rings. The summed E-state index contributed by atoms with van der Waals surface area (Å²) < 4.78 is 0. The maximum Gasteiger partial charge on any atom is 0.303 e. The SMILES string of the molecule is O=C(O)C[C@@H]1CC(=O)c2cccc([N+](=O)[O-])c21. The molecule has 0 unspecified atom stereocenters. The van der Waals surface area contributed by atoms with Crippen molar-refractivity contribution in [1.82, 2.24) is 0 Å². The van der Waals surface area contributed by atoms with Gasteiger partial charge in [0.25, 0.3) is 5.69 Å². The Morgan fingerprint density at radius 1 is 1.53 bits per heavy atom. The summed E-state index contributed by atoms with van der Waals surface area (Å²) >= 11 is 0. The van der Waals surface area contributed by atoms with Crippen LogP contribution in [0.2, 0.25) is 0 Å². The number of aliphatic carboxylic acids is 1. The average Bonchev–Trinajstić information content (AvgIpc) is 2.55. The van der Waals surface area contributed by atoms with Gasteiger partial charge in [0.05, 0.1) is 11.3 Å². The number of rotatable bonds is 3. The largest absolute Gasteiger partial charge is 0.481 e. The van der Waals surface area contributed by atoms with Gasteiger partial charge < -0.3 is 5.11 Å². The van der Waals surface area contributed by atoms with Crippen LogP contribution in [0.25, 0.3) is 0 Å². The molecule has 1 aliphatic carbocycles. The van der Waals surface area contributed by atoms with Crippen LogP contribution in [0, 0.1) is 10.1 Å². The van der Waals surface area contributed by atoms with Crippen molar-refractivity contribution < 1.29 is 19.6 Å². The van der Waals surface area contributed by atoms with E-state index in [1.54, 1.807) is 0 Å². The van der Waals surface area contributed by atoms with Crippen molar-refractivity contribution >= 4 is 17.4 Å². The molecule has 0 heterocycles. The van der Waals surface area contributed by atoms with Crippen molar-refractivity contribution in [2.45, 2.75) is 18.8 Å². The molecular weight excluding hydrogens is 226 g/mol. The van der Waals surface area contributed by atoms with Crippen LogP contribution in [0.4, 0.5) is 5.69 Å². The number of ketones is 1. The number of benzene rings is 1. The number of carboxylic acids is 1. The predicted molar refractivity (Wildman–Crippen MR) is 57.0 cm³/mol. The highest BCUT2D eigenvalue weighted by molar-refractivity contribution is 6.03. The van der Waals surface area contributed by atoms with Crippen LogP contribution in [0.1, 0.15) is 34.7 Å². The number of nitrogens with zero attached hydrogens (tertiary/aromatic N) is 1. The van der Waals surface area contributed by atoms with Crippen molar-refractivity contribution in [3.8, 4) is 0 Å². The minimum absolute atomic E-state index is 0.0342. The molecule has 0 aliphatic heterocycles. The Morgan fingerprint density at radius 3 is 2.82 bits per heavy atom. The zero-order valence-electron chi connectivity index (χ0n) is 8.75. The Morgan fingerprint density at radius 2 is 2.24 bits per heavy atom. The summed E-state index contributed by atoms with van der Waals surface area (Å²) in [5.74, 6) is -1.87. The molecule has 0 spiro atoms. The van der Waals surface area contributed by atoms with Gasteiger partial charge in [-0.1, -0.05) is 12.1 Å². The zero-order valence-corrected chi connectivity index (χ0v) is 8.75. The van der Waals surface area contributed by atoms with E-state index in [2.05, 4.69) is 0 Å². The molecule has 1 N–H and O–H groups in total. The number of nitro groups is 1. The van der Waals surface area contributed by atoms with Crippen LogP contribution >= 0.6 is 0 Å². The lowest BCUT2D eigenvalue weighted by atomic mass is 9.96. The second-order valence-corrected chi connectivity index (χ2v) is 3.92. The Bertz CT molecular complexity index is 521. The molecule has 0 aromatic heterocycles. The van der Waals surface area contributed by atoms with E-state index >= 15 is 0 Å². The number of fused-ring (bicyclic) bond motifs is 1. The lowest BCUT2D eigenvalue weighted by Gasteiger charge is -2.07. The lowest BCUT2D eigenvalue weighted by Crippen LogP contribution is -2.05. The van der Waals surface area contributed by atoms with Gasteiger partial charge in [0.1, 0.15) is 0 Å². The van der Waals surface area contributed by atoms with Crippen molar-refractivity contribution in [3.63, 3.8) is 0 Å². The fraction of sp³-hybridized carbons (Fsp3) is 0.273. The van der Waals surface area contributed by atoms with E-state index < -0.39 is 16.8 Å². The minimum Gasteiger partial charge on any atom is -0.481 e. The van der Waals surface area contributed by atoms with E-state index in [0.717, 1.165) is 0 Å². The molecule has 6 nitrogen and oxygen atoms in total. The van der Waals surface area contributed by atoms with Crippen LogP contribution in [0.3, 0.4) is 0 Å². The topological polar surface area (TPSA) is 97.5 Å². The van der Waals surface area contributed by atoms with Gasteiger partial charge >= 0.3 is 5.97 Å². The molecule has 0 saturated carbocycles. The van der Waals surface area contributed by atoms with Gasteiger partial charge in [0.15, 0.2) is 5.78 Å². The summed E-state index contributed by atoms with van der Waals surface area (Å²) in [4.78, 5) is 32.6. The third-order valence-corrected chi connectivity index (χ3v) is 2.84. The summed E-state index contributed by atoms with van der Waals surface area (Å²) in [6, 6.07) is 4.25.